The van der Waals surface area contributed by atoms with Crippen LogP contribution < -0.4 is 11.2 Å². The predicted molar refractivity (Wildman–Crippen MR) is 86.8 cm³/mol. The van der Waals surface area contributed by atoms with Gasteiger partial charge in [-0.1, -0.05) is 12.1 Å². The maximum atomic E-state index is 12.2. The number of rotatable bonds is 3. The van der Waals surface area contributed by atoms with Crippen molar-refractivity contribution in [2.45, 2.75) is 13.8 Å². The van der Waals surface area contributed by atoms with Gasteiger partial charge in [-0.15, -0.1) is 10.2 Å². The molecule has 0 atom stereocenters. The first-order valence-corrected chi connectivity index (χ1v) is 7.03. The number of hydrogen-bond donors (Lipinski definition) is 2. The Kier molecular flexibility index (Phi) is 3.82. The van der Waals surface area contributed by atoms with Crippen LogP contribution in [0.4, 0.5) is 0 Å². The number of aromatic hydroxyl groups is 1. The highest BCUT2D eigenvalue weighted by Crippen LogP contribution is 2.20. The zero-order valence-corrected chi connectivity index (χ0v) is 13.0. The highest BCUT2D eigenvalue weighted by molar-refractivity contribution is 5.82. The van der Waals surface area contributed by atoms with E-state index in [9.17, 15) is 14.7 Å². The number of aromatic nitrogens is 5. The number of aryl methyl sites for hydroxylation is 1. The third kappa shape index (κ3) is 2.62. The normalized spacial score (nSPS) is 11.2. The molecule has 0 saturated carbocycles. The minimum Gasteiger partial charge on any atom is -0.493 e. The molecule has 3 aromatic rings. The summed E-state index contributed by atoms with van der Waals surface area (Å²) in [6.45, 7) is 3.72. The van der Waals surface area contributed by atoms with Crippen LogP contribution in [0.2, 0.25) is 0 Å². The first kappa shape index (κ1) is 15.4. The largest absolute Gasteiger partial charge is 0.493 e. The van der Waals surface area contributed by atoms with Gasteiger partial charge < -0.3 is 5.11 Å². The van der Waals surface area contributed by atoms with E-state index in [0.29, 0.717) is 5.69 Å². The van der Waals surface area contributed by atoms with Crippen LogP contribution in [0, 0.1) is 13.8 Å². The summed E-state index contributed by atoms with van der Waals surface area (Å²) in [6, 6.07) is 5.34. The van der Waals surface area contributed by atoms with Gasteiger partial charge in [0.2, 0.25) is 5.88 Å². The van der Waals surface area contributed by atoms with E-state index in [1.165, 1.54) is 17.3 Å². The zero-order chi connectivity index (χ0) is 17.3. The third-order valence-electron chi connectivity index (χ3n) is 3.66. The van der Waals surface area contributed by atoms with E-state index in [1.807, 2.05) is 19.9 Å². The van der Waals surface area contributed by atoms with Crippen molar-refractivity contribution in [1.29, 1.82) is 0 Å². The molecule has 0 bridgehead atoms. The number of H-pyrrole nitrogens is 1. The summed E-state index contributed by atoms with van der Waals surface area (Å²) in [5.41, 5.74) is 0.619. The Morgan fingerprint density at radius 2 is 1.92 bits per heavy atom. The average molecular weight is 326 g/mol. The summed E-state index contributed by atoms with van der Waals surface area (Å²) in [6.07, 6.45) is 3.78. The van der Waals surface area contributed by atoms with Gasteiger partial charge in [0, 0.05) is 0 Å². The Labute approximate surface area is 135 Å². The van der Waals surface area contributed by atoms with E-state index in [-0.39, 0.29) is 5.56 Å². The van der Waals surface area contributed by atoms with Gasteiger partial charge in [-0.25, -0.2) is 14.0 Å². The van der Waals surface area contributed by atoms with Crippen LogP contribution in [0.25, 0.3) is 5.69 Å². The number of benzene rings is 1. The number of nitrogens with zero attached hydrogens (tertiary/aromatic N) is 5. The molecule has 9 nitrogen and oxygen atoms in total. The van der Waals surface area contributed by atoms with E-state index in [0.717, 1.165) is 21.9 Å². The van der Waals surface area contributed by atoms with Crippen molar-refractivity contribution < 1.29 is 5.11 Å². The van der Waals surface area contributed by atoms with Crippen molar-refractivity contribution in [3.05, 3.63) is 68.4 Å². The van der Waals surface area contributed by atoms with Gasteiger partial charge in [0.05, 0.1) is 11.9 Å². The van der Waals surface area contributed by atoms with Crippen LogP contribution in [0.15, 0.2) is 45.5 Å². The fourth-order valence-corrected chi connectivity index (χ4v) is 2.24. The number of nitrogens with one attached hydrogen (secondary N) is 1. The van der Waals surface area contributed by atoms with E-state index in [2.05, 4.69) is 20.3 Å². The Morgan fingerprint density at radius 3 is 2.62 bits per heavy atom. The Morgan fingerprint density at radius 1 is 1.21 bits per heavy atom. The lowest BCUT2D eigenvalue weighted by molar-refractivity contribution is 0.429. The Hall–Kier alpha value is -3.49. The quantitative estimate of drug-likeness (QED) is 0.672. The fraction of sp³-hybridized carbons (Fsp3) is 0.133. The molecule has 3 rings (SSSR count). The number of hydrogen-bond acceptors (Lipinski definition) is 6. The maximum Gasteiger partial charge on any atom is 0.335 e. The molecule has 122 valence electrons. The lowest BCUT2D eigenvalue weighted by Crippen LogP contribution is -2.31. The van der Waals surface area contributed by atoms with Gasteiger partial charge in [-0.3, -0.25) is 9.78 Å². The first-order valence-electron chi connectivity index (χ1n) is 7.03. The summed E-state index contributed by atoms with van der Waals surface area (Å²) >= 11 is 0. The molecule has 24 heavy (non-hydrogen) atoms. The minimum atomic E-state index is -0.740. The molecule has 0 aliphatic rings. The summed E-state index contributed by atoms with van der Waals surface area (Å²) in [5.74, 6) is -0.491. The highest BCUT2D eigenvalue weighted by atomic mass is 16.3. The molecule has 0 saturated heterocycles. The Bertz CT molecular complexity index is 1030. The molecule has 2 N–H and O–H groups in total. The molecule has 0 unspecified atom stereocenters. The van der Waals surface area contributed by atoms with E-state index in [4.69, 9.17) is 0 Å². The average Bonchev–Trinajstić information content (AvgIpc) is 3.04. The molecule has 9 heteroatoms. The monoisotopic (exact) mass is 326 g/mol. The maximum absolute atomic E-state index is 12.2. The molecule has 0 radical (unpaired) electrons. The van der Waals surface area contributed by atoms with Crippen molar-refractivity contribution in [3.8, 4) is 11.6 Å². The van der Waals surface area contributed by atoms with Crippen LogP contribution in [0.5, 0.6) is 5.88 Å². The van der Waals surface area contributed by atoms with E-state index < -0.39 is 17.1 Å². The van der Waals surface area contributed by atoms with Gasteiger partial charge in [0.15, 0.2) is 0 Å². The van der Waals surface area contributed by atoms with Crippen LogP contribution in [-0.4, -0.2) is 35.7 Å². The van der Waals surface area contributed by atoms with Gasteiger partial charge in [-0.05, 0) is 31.0 Å². The molecule has 2 heterocycles. The lowest BCUT2D eigenvalue weighted by Gasteiger charge is -2.13. The lowest BCUT2D eigenvalue weighted by atomic mass is 10.1. The van der Waals surface area contributed by atoms with Crippen LogP contribution >= 0.6 is 0 Å². The number of aromatic amines is 1. The van der Waals surface area contributed by atoms with Gasteiger partial charge in [0.25, 0.3) is 5.56 Å². The third-order valence-corrected chi connectivity index (χ3v) is 3.66. The molecule has 0 spiro atoms. The van der Waals surface area contributed by atoms with Crippen LogP contribution in [0.1, 0.15) is 16.7 Å². The van der Waals surface area contributed by atoms with Gasteiger partial charge in [0.1, 0.15) is 18.2 Å². The fourth-order valence-electron chi connectivity index (χ4n) is 2.24. The second-order valence-electron chi connectivity index (χ2n) is 5.14. The van der Waals surface area contributed by atoms with Crippen molar-refractivity contribution in [1.82, 2.24) is 24.4 Å². The molecule has 2 aromatic heterocycles. The SMILES string of the molecule is Cc1cccc(-n2c(O)c(C=Nn3cnnc3)c(=O)[nH]c2=O)c1C. The molecule has 0 fully saturated rings. The molecular formula is C15H14N6O3. The van der Waals surface area contributed by atoms with Crippen LogP contribution in [0.3, 0.4) is 0 Å². The second-order valence-corrected chi connectivity index (χ2v) is 5.14. The van der Waals surface area contributed by atoms with Crippen molar-refractivity contribution >= 4 is 6.21 Å². The summed E-state index contributed by atoms with van der Waals surface area (Å²) in [4.78, 5) is 26.4. The van der Waals surface area contributed by atoms with E-state index in [1.54, 1.807) is 12.1 Å². The zero-order valence-electron chi connectivity index (χ0n) is 13.0. The second kappa shape index (κ2) is 5.95. The topological polar surface area (TPSA) is 118 Å². The summed E-state index contributed by atoms with van der Waals surface area (Å²) in [5, 5.41) is 21.5. The molecule has 1 aromatic carbocycles. The molecule has 0 aliphatic carbocycles. The Balaban J connectivity index is 2.22. The van der Waals surface area contributed by atoms with Crippen LogP contribution in [-0.2, 0) is 0 Å². The first-order chi connectivity index (χ1) is 11.5. The molecule has 0 aliphatic heterocycles. The van der Waals surface area contributed by atoms with Crippen molar-refractivity contribution in [2.24, 2.45) is 5.10 Å². The van der Waals surface area contributed by atoms with Crippen molar-refractivity contribution in [2.75, 3.05) is 0 Å². The highest BCUT2D eigenvalue weighted by Gasteiger charge is 2.16. The molecular weight excluding hydrogens is 312 g/mol. The standard InChI is InChI=1S/C15H14N6O3/c1-9-4-3-5-12(10(9)2)21-14(23)11(13(22)19-15(21)24)6-18-20-7-16-17-8-20/h3-8,23H,1-2H3,(H,19,22,24). The minimum absolute atomic E-state index is 0.149. The van der Waals surface area contributed by atoms with Gasteiger partial charge in [-0.2, -0.15) is 5.10 Å². The van der Waals surface area contributed by atoms with E-state index >= 15 is 0 Å². The summed E-state index contributed by atoms with van der Waals surface area (Å²) < 4.78 is 2.30. The van der Waals surface area contributed by atoms with Crippen molar-refractivity contribution in [3.63, 3.8) is 0 Å². The summed E-state index contributed by atoms with van der Waals surface area (Å²) in [7, 11) is 0. The van der Waals surface area contributed by atoms with Gasteiger partial charge >= 0.3 is 5.69 Å². The molecule has 0 amide bonds. The predicted octanol–water partition coefficient (Wildman–Crippen LogP) is 0.322. The smallest absolute Gasteiger partial charge is 0.335 e.